The van der Waals surface area contributed by atoms with Gasteiger partial charge < -0.3 is 10.1 Å². The fraction of sp³-hybridized carbons (Fsp3) is 0.789. The van der Waals surface area contributed by atoms with Gasteiger partial charge in [-0.2, -0.15) is 0 Å². The Morgan fingerprint density at radius 1 is 1.20 bits per heavy atom. The molecule has 1 saturated carbocycles. The van der Waals surface area contributed by atoms with Crippen molar-refractivity contribution in [2.24, 2.45) is 0 Å². The molecule has 25 heavy (non-hydrogen) atoms. The number of nitrogens with one attached hydrogen (secondary N) is 1. The number of anilines is 1. The maximum absolute atomic E-state index is 5.43. The van der Waals surface area contributed by atoms with Crippen LogP contribution in [0.25, 0.3) is 0 Å². The van der Waals surface area contributed by atoms with E-state index >= 15 is 0 Å². The largest absolute Gasteiger partial charge is 0.379 e. The Morgan fingerprint density at radius 3 is 2.68 bits per heavy atom. The fourth-order valence-electron chi connectivity index (χ4n) is 3.73. The molecule has 1 saturated heterocycles. The molecular formula is C19H32N4OS. The van der Waals surface area contributed by atoms with Crippen LogP contribution >= 0.6 is 11.8 Å². The van der Waals surface area contributed by atoms with E-state index in [1.165, 1.54) is 44.1 Å². The third kappa shape index (κ3) is 6.12. The first kappa shape index (κ1) is 18.9. The molecule has 2 aliphatic rings. The van der Waals surface area contributed by atoms with Crippen molar-refractivity contribution in [2.45, 2.75) is 62.6 Å². The Hall–Kier alpha value is -0.850. The smallest absolute Gasteiger partial charge is 0.189 e. The SMILES string of the molecule is CSc1ncc(CCCN2CCOCC2)c(NC2CCCCCC2)n1. The molecule has 0 bridgehead atoms. The summed E-state index contributed by atoms with van der Waals surface area (Å²) in [5.41, 5.74) is 1.27. The Kier molecular flexibility index (Phi) is 7.82. The molecule has 1 aromatic heterocycles. The zero-order chi connectivity index (χ0) is 17.3. The van der Waals surface area contributed by atoms with Gasteiger partial charge in [0, 0.05) is 30.9 Å². The summed E-state index contributed by atoms with van der Waals surface area (Å²) < 4.78 is 5.43. The molecule has 140 valence electrons. The molecular weight excluding hydrogens is 332 g/mol. The van der Waals surface area contributed by atoms with Crippen LogP contribution in [0.15, 0.2) is 11.4 Å². The number of nitrogens with zero attached hydrogens (tertiary/aromatic N) is 3. The predicted octanol–water partition coefficient (Wildman–Crippen LogP) is 3.60. The summed E-state index contributed by atoms with van der Waals surface area (Å²) in [5, 5.41) is 4.62. The van der Waals surface area contributed by atoms with E-state index in [0.29, 0.717) is 6.04 Å². The first-order valence-electron chi connectivity index (χ1n) is 9.81. The van der Waals surface area contributed by atoms with E-state index in [4.69, 9.17) is 9.72 Å². The van der Waals surface area contributed by atoms with Crippen LogP contribution in [0.4, 0.5) is 5.82 Å². The second-order valence-corrected chi connectivity index (χ2v) is 7.89. The average Bonchev–Trinajstić information content (AvgIpc) is 2.92. The number of aromatic nitrogens is 2. The van der Waals surface area contributed by atoms with Crippen LogP contribution < -0.4 is 5.32 Å². The average molecular weight is 365 g/mol. The van der Waals surface area contributed by atoms with Crippen molar-refractivity contribution in [3.63, 3.8) is 0 Å². The molecule has 0 atom stereocenters. The molecule has 0 amide bonds. The van der Waals surface area contributed by atoms with Crippen LogP contribution in [0.2, 0.25) is 0 Å². The number of morpholine rings is 1. The first-order chi connectivity index (χ1) is 12.3. The zero-order valence-electron chi connectivity index (χ0n) is 15.5. The number of hydrogen-bond donors (Lipinski definition) is 1. The Labute approximate surface area is 156 Å². The van der Waals surface area contributed by atoms with Gasteiger partial charge in [0.05, 0.1) is 13.2 Å². The molecule has 2 heterocycles. The van der Waals surface area contributed by atoms with Gasteiger partial charge in [-0.25, -0.2) is 9.97 Å². The van der Waals surface area contributed by atoms with Crippen LogP contribution in [0.1, 0.15) is 50.5 Å². The van der Waals surface area contributed by atoms with Gasteiger partial charge in [0.25, 0.3) is 0 Å². The number of aryl methyl sites for hydroxylation is 1. The molecule has 0 radical (unpaired) electrons. The molecule has 3 rings (SSSR count). The summed E-state index contributed by atoms with van der Waals surface area (Å²) in [5.74, 6) is 1.08. The second-order valence-electron chi connectivity index (χ2n) is 7.12. The van der Waals surface area contributed by atoms with Gasteiger partial charge in [-0.05, 0) is 38.5 Å². The van der Waals surface area contributed by atoms with Crippen molar-refractivity contribution < 1.29 is 4.74 Å². The van der Waals surface area contributed by atoms with Crippen molar-refractivity contribution in [1.29, 1.82) is 0 Å². The van der Waals surface area contributed by atoms with Crippen molar-refractivity contribution in [3.8, 4) is 0 Å². The molecule has 1 aromatic rings. The van der Waals surface area contributed by atoms with E-state index in [1.54, 1.807) is 11.8 Å². The highest BCUT2D eigenvalue weighted by Gasteiger charge is 2.16. The van der Waals surface area contributed by atoms with Gasteiger partial charge >= 0.3 is 0 Å². The summed E-state index contributed by atoms with van der Waals surface area (Å²) in [4.78, 5) is 11.8. The van der Waals surface area contributed by atoms with Crippen molar-refractivity contribution >= 4 is 17.6 Å². The van der Waals surface area contributed by atoms with Gasteiger partial charge in [-0.1, -0.05) is 37.4 Å². The molecule has 5 nitrogen and oxygen atoms in total. The molecule has 6 heteroatoms. The van der Waals surface area contributed by atoms with Crippen LogP contribution in [0, 0.1) is 0 Å². The number of hydrogen-bond acceptors (Lipinski definition) is 6. The van der Waals surface area contributed by atoms with Crippen LogP contribution in [-0.2, 0) is 11.2 Å². The number of rotatable bonds is 7. The highest BCUT2D eigenvalue weighted by atomic mass is 32.2. The van der Waals surface area contributed by atoms with Gasteiger partial charge in [-0.15, -0.1) is 0 Å². The van der Waals surface area contributed by atoms with E-state index in [0.717, 1.165) is 56.7 Å². The van der Waals surface area contributed by atoms with Crippen molar-refractivity contribution in [3.05, 3.63) is 11.8 Å². The van der Waals surface area contributed by atoms with E-state index < -0.39 is 0 Å². The van der Waals surface area contributed by atoms with Crippen molar-refractivity contribution in [2.75, 3.05) is 44.4 Å². The molecule has 2 fully saturated rings. The molecule has 0 spiro atoms. The fourth-order valence-corrected chi connectivity index (χ4v) is 4.07. The lowest BCUT2D eigenvalue weighted by Crippen LogP contribution is -2.37. The van der Waals surface area contributed by atoms with E-state index in [-0.39, 0.29) is 0 Å². The standard InChI is InChI=1S/C19H32N4OS/c1-25-19-20-15-16(7-6-10-23-11-13-24-14-12-23)18(22-19)21-17-8-4-2-3-5-9-17/h15,17H,2-14H2,1H3,(H,20,21,22). The molecule has 0 aromatic carbocycles. The van der Waals surface area contributed by atoms with Crippen LogP contribution in [0.3, 0.4) is 0 Å². The molecule has 1 aliphatic heterocycles. The molecule has 1 N–H and O–H groups in total. The van der Waals surface area contributed by atoms with E-state index in [9.17, 15) is 0 Å². The van der Waals surface area contributed by atoms with E-state index in [2.05, 4.69) is 15.2 Å². The molecule has 1 aliphatic carbocycles. The minimum absolute atomic E-state index is 0.574. The minimum atomic E-state index is 0.574. The Morgan fingerprint density at radius 2 is 1.96 bits per heavy atom. The topological polar surface area (TPSA) is 50.3 Å². The van der Waals surface area contributed by atoms with Crippen LogP contribution in [0.5, 0.6) is 0 Å². The summed E-state index contributed by atoms with van der Waals surface area (Å²) in [6, 6.07) is 0.574. The maximum Gasteiger partial charge on any atom is 0.189 e. The number of ether oxygens (including phenoxy) is 1. The second kappa shape index (κ2) is 10.3. The minimum Gasteiger partial charge on any atom is -0.379 e. The van der Waals surface area contributed by atoms with Gasteiger partial charge in [0.2, 0.25) is 0 Å². The lowest BCUT2D eigenvalue weighted by atomic mass is 10.1. The van der Waals surface area contributed by atoms with Gasteiger partial charge in [-0.3, -0.25) is 4.90 Å². The van der Waals surface area contributed by atoms with Crippen molar-refractivity contribution in [1.82, 2.24) is 14.9 Å². The normalized spacial score (nSPS) is 20.4. The third-order valence-electron chi connectivity index (χ3n) is 5.25. The molecule has 0 unspecified atom stereocenters. The number of thioether (sulfide) groups is 1. The summed E-state index contributed by atoms with van der Waals surface area (Å²) in [6.45, 7) is 5.01. The predicted molar refractivity (Wildman–Crippen MR) is 105 cm³/mol. The highest BCUT2D eigenvalue weighted by molar-refractivity contribution is 7.98. The van der Waals surface area contributed by atoms with E-state index in [1.807, 2.05) is 12.5 Å². The first-order valence-corrected chi connectivity index (χ1v) is 11.0. The maximum atomic E-state index is 5.43. The zero-order valence-corrected chi connectivity index (χ0v) is 16.3. The Balaban J connectivity index is 1.58. The van der Waals surface area contributed by atoms with Gasteiger partial charge in [0.15, 0.2) is 5.16 Å². The lowest BCUT2D eigenvalue weighted by Gasteiger charge is -2.26. The lowest BCUT2D eigenvalue weighted by molar-refractivity contribution is 0.0374. The summed E-state index contributed by atoms with van der Waals surface area (Å²) >= 11 is 1.62. The Bertz CT molecular complexity index is 514. The monoisotopic (exact) mass is 364 g/mol. The van der Waals surface area contributed by atoms with Crippen LogP contribution in [-0.4, -0.2) is 60.0 Å². The summed E-state index contributed by atoms with van der Waals surface area (Å²) in [7, 11) is 0. The third-order valence-corrected chi connectivity index (χ3v) is 5.81. The summed E-state index contributed by atoms with van der Waals surface area (Å²) in [6.07, 6.45) is 14.3. The quantitative estimate of drug-likeness (QED) is 0.453. The van der Waals surface area contributed by atoms with Gasteiger partial charge in [0.1, 0.15) is 5.82 Å². The highest BCUT2D eigenvalue weighted by Crippen LogP contribution is 2.24.